The highest BCUT2D eigenvalue weighted by Crippen LogP contribution is 2.53. The number of likely N-dealkylation sites (N-methyl/N-ethyl adjacent to an activating group) is 1. The molecule has 2 aromatic rings. The van der Waals surface area contributed by atoms with Gasteiger partial charge < -0.3 is 9.80 Å². The van der Waals surface area contributed by atoms with Crippen molar-refractivity contribution in [3.63, 3.8) is 0 Å². The first-order valence-electron chi connectivity index (χ1n) is 10.6. The minimum atomic E-state index is -0.261. The third kappa shape index (κ3) is 2.95. The number of aryl methyl sites for hydroxylation is 1. The summed E-state index contributed by atoms with van der Waals surface area (Å²) < 4.78 is 13.3. The zero-order valence-electron chi connectivity index (χ0n) is 17.3. The molecule has 154 valence electrons. The van der Waals surface area contributed by atoms with E-state index in [9.17, 15) is 9.18 Å². The molecular weight excluding hydrogens is 385 g/mol. The van der Waals surface area contributed by atoms with E-state index in [0.29, 0.717) is 12.1 Å². The van der Waals surface area contributed by atoms with Crippen LogP contribution in [0.4, 0.5) is 4.39 Å². The third-order valence-electron chi connectivity index (χ3n) is 7.48. The van der Waals surface area contributed by atoms with E-state index in [2.05, 4.69) is 28.8 Å². The Labute approximate surface area is 175 Å². The number of likely N-dealkylation sites (tertiary alicyclic amines) is 2. The molecule has 5 rings (SSSR count). The molecule has 1 amide bonds. The quantitative estimate of drug-likeness (QED) is 0.714. The number of hydrogen-bond donors (Lipinski definition) is 0. The summed E-state index contributed by atoms with van der Waals surface area (Å²) in [6, 6.07) is 7.52. The molecule has 0 radical (unpaired) electrons. The Morgan fingerprint density at radius 1 is 1.21 bits per heavy atom. The number of hydrogen-bond acceptors (Lipinski definition) is 4. The van der Waals surface area contributed by atoms with Gasteiger partial charge in [-0.05, 0) is 57.5 Å². The lowest BCUT2D eigenvalue weighted by Gasteiger charge is -2.44. The second-order valence-corrected chi connectivity index (χ2v) is 10.3. The van der Waals surface area contributed by atoms with Gasteiger partial charge in [0.2, 0.25) is 0 Å². The van der Waals surface area contributed by atoms with Crippen molar-refractivity contribution in [3.8, 4) is 10.6 Å². The van der Waals surface area contributed by atoms with E-state index in [0.717, 1.165) is 40.5 Å². The van der Waals surface area contributed by atoms with Gasteiger partial charge in [0.25, 0.3) is 5.91 Å². The second kappa shape index (κ2) is 6.88. The number of carbonyl (C=O) groups excluding carboxylic acids is 1. The van der Waals surface area contributed by atoms with Crippen LogP contribution >= 0.6 is 11.3 Å². The van der Waals surface area contributed by atoms with Gasteiger partial charge in [-0.3, -0.25) is 4.79 Å². The first kappa shape index (κ1) is 19.2. The lowest BCUT2D eigenvalue weighted by Crippen LogP contribution is -2.51. The van der Waals surface area contributed by atoms with Gasteiger partial charge in [0, 0.05) is 35.6 Å². The van der Waals surface area contributed by atoms with E-state index in [1.54, 1.807) is 12.1 Å². The first-order valence-corrected chi connectivity index (χ1v) is 11.5. The average molecular weight is 414 g/mol. The second-order valence-electron chi connectivity index (χ2n) is 9.27. The fourth-order valence-electron chi connectivity index (χ4n) is 6.22. The summed E-state index contributed by atoms with van der Waals surface area (Å²) in [5, 5.41) is 0.787. The monoisotopic (exact) mass is 413 g/mol. The van der Waals surface area contributed by atoms with Gasteiger partial charge in [0.15, 0.2) is 0 Å². The van der Waals surface area contributed by atoms with Crippen molar-refractivity contribution < 1.29 is 9.18 Å². The molecule has 3 aliphatic rings. The molecule has 2 saturated heterocycles. The SMILES string of the molecule is Cc1nc(-c2ccc(F)cc2)sc1C(=O)N1[C@@H]2CN(C)[C@@H]3CCCC[C@H]1[C@]3(C)C2. The van der Waals surface area contributed by atoms with E-state index in [4.69, 9.17) is 0 Å². The summed E-state index contributed by atoms with van der Waals surface area (Å²) in [6.45, 7) is 5.29. The fourth-order valence-corrected chi connectivity index (χ4v) is 7.23. The van der Waals surface area contributed by atoms with Crippen LogP contribution in [0.2, 0.25) is 0 Å². The molecular formula is C23H28FN3OS. The van der Waals surface area contributed by atoms with Crippen molar-refractivity contribution in [1.82, 2.24) is 14.8 Å². The number of piperidine rings is 1. The molecule has 0 spiro atoms. The molecule has 6 heteroatoms. The number of nitrogens with zero attached hydrogens (tertiary/aromatic N) is 3. The van der Waals surface area contributed by atoms with E-state index >= 15 is 0 Å². The Bertz CT molecular complexity index is 942. The van der Waals surface area contributed by atoms with Crippen LogP contribution in [0.15, 0.2) is 24.3 Å². The largest absolute Gasteiger partial charge is 0.330 e. The van der Waals surface area contributed by atoms with Crippen LogP contribution < -0.4 is 0 Å². The topological polar surface area (TPSA) is 36.4 Å². The third-order valence-corrected chi connectivity index (χ3v) is 8.67. The Balaban J connectivity index is 1.50. The highest BCUT2D eigenvalue weighted by molar-refractivity contribution is 7.17. The summed E-state index contributed by atoms with van der Waals surface area (Å²) in [4.78, 5) is 23.9. The van der Waals surface area contributed by atoms with Crippen LogP contribution in [-0.4, -0.2) is 52.4 Å². The average Bonchev–Trinajstić information content (AvgIpc) is 3.11. The van der Waals surface area contributed by atoms with Gasteiger partial charge in [-0.2, -0.15) is 0 Å². The maximum absolute atomic E-state index is 13.8. The number of halogens is 1. The number of thiazole rings is 1. The standard InChI is InChI=1S/C23H28FN3OS/c1-14-20(29-21(25-14)15-8-10-16(24)11-9-15)22(28)27-17-12-23(2)18(26(3)13-17)6-4-5-7-19(23)27/h8-11,17-19H,4-7,12-13H2,1-3H3/t17-,18+,19-,23+/m0/s1. The molecule has 2 aliphatic heterocycles. The molecule has 4 nitrogen and oxygen atoms in total. The molecule has 3 fully saturated rings. The van der Waals surface area contributed by atoms with Gasteiger partial charge in [-0.25, -0.2) is 9.37 Å². The number of amides is 1. The zero-order chi connectivity index (χ0) is 20.3. The van der Waals surface area contributed by atoms with Gasteiger partial charge in [0.05, 0.1) is 5.69 Å². The zero-order valence-corrected chi connectivity index (χ0v) is 18.1. The van der Waals surface area contributed by atoms with E-state index in [-0.39, 0.29) is 23.2 Å². The van der Waals surface area contributed by atoms with Gasteiger partial charge >= 0.3 is 0 Å². The Kier molecular flexibility index (Phi) is 4.55. The van der Waals surface area contributed by atoms with E-state index < -0.39 is 0 Å². The molecule has 1 aliphatic carbocycles. The van der Waals surface area contributed by atoms with Crippen molar-refractivity contribution in [2.24, 2.45) is 5.41 Å². The lowest BCUT2D eigenvalue weighted by atomic mass is 9.71. The minimum Gasteiger partial charge on any atom is -0.330 e. The van der Waals surface area contributed by atoms with Crippen LogP contribution in [0.25, 0.3) is 10.6 Å². The number of carbonyl (C=O) groups is 1. The van der Waals surface area contributed by atoms with Crippen molar-refractivity contribution in [3.05, 3.63) is 40.7 Å². The van der Waals surface area contributed by atoms with Crippen molar-refractivity contribution in [2.45, 2.75) is 64.1 Å². The molecule has 4 atom stereocenters. The molecule has 1 saturated carbocycles. The highest BCUT2D eigenvalue weighted by Gasteiger charge is 2.59. The predicted octanol–water partition coefficient (Wildman–Crippen LogP) is 4.74. The number of rotatable bonds is 2. The van der Waals surface area contributed by atoms with Crippen LogP contribution in [0.3, 0.4) is 0 Å². The Morgan fingerprint density at radius 3 is 2.62 bits per heavy atom. The summed E-state index contributed by atoms with van der Waals surface area (Å²) in [7, 11) is 2.23. The van der Waals surface area contributed by atoms with Crippen molar-refractivity contribution in [2.75, 3.05) is 13.6 Å². The van der Waals surface area contributed by atoms with E-state index in [1.807, 2.05) is 6.92 Å². The first-order chi connectivity index (χ1) is 13.9. The van der Waals surface area contributed by atoms with Crippen LogP contribution in [0, 0.1) is 18.2 Å². The number of benzene rings is 1. The molecule has 29 heavy (non-hydrogen) atoms. The Morgan fingerprint density at radius 2 is 1.90 bits per heavy atom. The number of fused-ring (bicyclic) bond motifs is 1. The molecule has 0 N–H and O–H groups in total. The van der Waals surface area contributed by atoms with Crippen LogP contribution in [0.5, 0.6) is 0 Å². The van der Waals surface area contributed by atoms with Gasteiger partial charge in [-0.15, -0.1) is 11.3 Å². The Hall–Kier alpha value is -1.79. The smallest absolute Gasteiger partial charge is 0.266 e. The predicted molar refractivity (Wildman–Crippen MR) is 114 cm³/mol. The normalized spacial score (nSPS) is 31.7. The summed E-state index contributed by atoms with van der Waals surface area (Å²) >= 11 is 1.45. The summed E-state index contributed by atoms with van der Waals surface area (Å²) in [5.41, 5.74) is 1.83. The lowest BCUT2D eigenvalue weighted by molar-refractivity contribution is 0.0578. The highest BCUT2D eigenvalue weighted by atomic mass is 32.1. The maximum Gasteiger partial charge on any atom is 0.266 e. The van der Waals surface area contributed by atoms with E-state index in [1.165, 1.54) is 42.7 Å². The molecule has 0 unspecified atom stereocenters. The van der Waals surface area contributed by atoms with Crippen LogP contribution in [0.1, 0.15) is 54.4 Å². The molecule has 1 aromatic heterocycles. The maximum atomic E-state index is 13.8. The summed E-state index contributed by atoms with van der Waals surface area (Å²) in [6.07, 6.45) is 5.91. The fraction of sp³-hybridized carbons (Fsp3) is 0.565. The van der Waals surface area contributed by atoms with Crippen LogP contribution in [-0.2, 0) is 0 Å². The molecule has 1 aromatic carbocycles. The van der Waals surface area contributed by atoms with Gasteiger partial charge in [0.1, 0.15) is 15.7 Å². The van der Waals surface area contributed by atoms with Gasteiger partial charge in [-0.1, -0.05) is 19.8 Å². The molecule has 3 heterocycles. The van der Waals surface area contributed by atoms with Crippen molar-refractivity contribution in [1.29, 1.82) is 0 Å². The van der Waals surface area contributed by atoms with Crippen molar-refractivity contribution >= 4 is 17.2 Å². The number of aromatic nitrogens is 1. The molecule has 2 bridgehead atoms. The summed E-state index contributed by atoms with van der Waals surface area (Å²) in [5.74, 6) is -0.119. The minimum absolute atomic E-state index is 0.142.